The quantitative estimate of drug-likeness (QED) is 0.830. The Bertz CT molecular complexity index is 600. The first-order valence-corrected chi connectivity index (χ1v) is 6.23. The van der Waals surface area contributed by atoms with Gasteiger partial charge < -0.3 is 0 Å². The zero-order valence-electron chi connectivity index (χ0n) is 10.3. The van der Waals surface area contributed by atoms with Gasteiger partial charge in [0.25, 0.3) is 0 Å². The summed E-state index contributed by atoms with van der Waals surface area (Å²) in [4.78, 5) is 11.8. The van der Waals surface area contributed by atoms with Gasteiger partial charge in [-0.25, -0.2) is 13.2 Å². The summed E-state index contributed by atoms with van der Waals surface area (Å²) in [5.41, 5.74) is 0.964. The number of rotatable bonds is 4. The smallest absolute Gasteiger partial charge is 0.159 e. The van der Waals surface area contributed by atoms with Crippen molar-refractivity contribution in [2.45, 2.75) is 12.8 Å². The Morgan fingerprint density at radius 3 is 1.95 bits per heavy atom. The van der Waals surface area contributed by atoms with Crippen LogP contribution in [0.15, 0.2) is 36.4 Å². The molecule has 0 saturated carbocycles. The standard InChI is InChI=1S/C15H10ClF3O/c16-12-7-9(1-3-13(12)17)5-11(20)6-10-2-4-14(18)15(19)8-10/h1-4,7-8H,5-6H2. The van der Waals surface area contributed by atoms with E-state index in [1.807, 2.05) is 0 Å². The molecular weight excluding hydrogens is 289 g/mol. The highest BCUT2D eigenvalue weighted by Gasteiger charge is 2.09. The van der Waals surface area contributed by atoms with E-state index in [1.165, 1.54) is 24.3 Å². The third-order valence-electron chi connectivity index (χ3n) is 2.77. The summed E-state index contributed by atoms with van der Waals surface area (Å²) in [5, 5.41) is -0.0527. The van der Waals surface area contributed by atoms with Gasteiger partial charge in [-0.3, -0.25) is 4.79 Å². The van der Waals surface area contributed by atoms with Crippen LogP contribution in [-0.2, 0) is 17.6 Å². The first-order chi connectivity index (χ1) is 9.45. The van der Waals surface area contributed by atoms with Crippen LogP contribution < -0.4 is 0 Å². The maximum absolute atomic E-state index is 13.0. The Labute approximate surface area is 119 Å². The van der Waals surface area contributed by atoms with Crippen LogP contribution in [0, 0.1) is 17.5 Å². The third kappa shape index (κ3) is 3.61. The molecule has 0 unspecified atom stereocenters. The van der Waals surface area contributed by atoms with Gasteiger partial charge in [0.1, 0.15) is 11.6 Å². The van der Waals surface area contributed by atoms with Crippen molar-refractivity contribution >= 4 is 17.4 Å². The molecule has 2 aromatic rings. The zero-order chi connectivity index (χ0) is 14.7. The van der Waals surface area contributed by atoms with Gasteiger partial charge in [0.05, 0.1) is 5.02 Å². The molecule has 0 fully saturated rings. The van der Waals surface area contributed by atoms with Gasteiger partial charge in [-0.05, 0) is 35.4 Å². The molecule has 1 nitrogen and oxygen atoms in total. The van der Waals surface area contributed by atoms with E-state index in [-0.39, 0.29) is 23.6 Å². The van der Waals surface area contributed by atoms with Gasteiger partial charge in [0, 0.05) is 12.8 Å². The molecule has 0 saturated heterocycles. The molecule has 104 valence electrons. The average molecular weight is 299 g/mol. The molecule has 5 heteroatoms. The maximum atomic E-state index is 13.0. The molecule has 0 heterocycles. The lowest BCUT2D eigenvalue weighted by molar-refractivity contribution is -0.117. The molecule has 0 N–H and O–H groups in total. The number of carbonyl (C=O) groups is 1. The zero-order valence-corrected chi connectivity index (χ0v) is 11.1. The molecule has 2 aromatic carbocycles. The van der Waals surface area contributed by atoms with E-state index in [1.54, 1.807) is 0 Å². The molecule has 2 rings (SSSR count). The SMILES string of the molecule is O=C(Cc1ccc(F)c(F)c1)Cc1ccc(F)c(Cl)c1. The maximum Gasteiger partial charge on any atom is 0.159 e. The Morgan fingerprint density at radius 1 is 0.850 bits per heavy atom. The lowest BCUT2D eigenvalue weighted by Gasteiger charge is -2.04. The van der Waals surface area contributed by atoms with Crippen LogP contribution >= 0.6 is 11.6 Å². The van der Waals surface area contributed by atoms with Crippen LogP contribution in [0.25, 0.3) is 0 Å². The summed E-state index contributed by atoms with van der Waals surface area (Å²) in [7, 11) is 0. The van der Waals surface area contributed by atoms with Gasteiger partial charge in [0.15, 0.2) is 11.6 Å². The molecule has 0 aliphatic heterocycles. The van der Waals surface area contributed by atoms with Crippen molar-refractivity contribution in [2.24, 2.45) is 0 Å². The Hall–Kier alpha value is -1.81. The van der Waals surface area contributed by atoms with E-state index in [0.29, 0.717) is 11.1 Å². The monoisotopic (exact) mass is 298 g/mol. The number of carbonyl (C=O) groups excluding carboxylic acids is 1. The molecule has 0 aliphatic rings. The van der Waals surface area contributed by atoms with E-state index in [0.717, 1.165) is 12.1 Å². The summed E-state index contributed by atoms with van der Waals surface area (Å²) >= 11 is 5.62. The van der Waals surface area contributed by atoms with Crippen LogP contribution in [0.4, 0.5) is 13.2 Å². The summed E-state index contributed by atoms with van der Waals surface area (Å²) < 4.78 is 38.7. The molecule has 0 spiro atoms. The molecule has 20 heavy (non-hydrogen) atoms. The Kier molecular flexibility index (Phi) is 4.45. The molecule has 0 atom stereocenters. The molecular formula is C15H10ClF3O. The summed E-state index contributed by atoms with van der Waals surface area (Å²) in [6, 6.07) is 7.35. The number of Topliss-reactive ketones (excluding diaryl/α,β-unsaturated/α-hetero) is 1. The number of benzene rings is 2. The van der Waals surface area contributed by atoms with E-state index in [9.17, 15) is 18.0 Å². The van der Waals surface area contributed by atoms with Crippen molar-refractivity contribution in [3.63, 3.8) is 0 Å². The highest BCUT2D eigenvalue weighted by Crippen LogP contribution is 2.17. The van der Waals surface area contributed by atoms with E-state index < -0.39 is 17.5 Å². The molecule has 0 amide bonds. The second-order valence-corrected chi connectivity index (χ2v) is 4.80. The molecule has 0 aliphatic carbocycles. The first kappa shape index (κ1) is 14.6. The minimum Gasteiger partial charge on any atom is -0.299 e. The fraction of sp³-hybridized carbons (Fsp3) is 0.133. The predicted octanol–water partition coefficient (Wildman–Crippen LogP) is 4.11. The minimum absolute atomic E-state index is 0.0216. The highest BCUT2D eigenvalue weighted by atomic mass is 35.5. The largest absolute Gasteiger partial charge is 0.299 e. The number of hydrogen-bond acceptors (Lipinski definition) is 1. The number of hydrogen-bond donors (Lipinski definition) is 0. The van der Waals surface area contributed by atoms with Gasteiger partial charge >= 0.3 is 0 Å². The van der Waals surface area contributed by atoms with Crippen LogP contribution in [0.5, 0.6) is 0 Å². The van der Waals surface area contributed by atoms with Gasteiger partial charge in [-0.15, -0.1) is 0 Å². The van der Waals surface area contributed by atoms with E-state index in [4.69, 9.17) is 11.6 Å². The van der Waals surface area contributed by atoms with Crippen LogP contribution in [0.3, 0.4) is 0 Å². The number of ketones is 1. The molecule has 0 radical (unpaired) electrons. The number of halogens is 4. The van der Waals surface area contributed by atoms with Crippen molar-refractivity contribution < 1.29 is 18.0 Å². The molecule has 0 bridgehead atoms. The summed E-state index contributed by atoms with van der Waals surface area (Å²) in [6.45, 7) is 0. The topological polar surface area (TPSA) is 17.1 Å². The van der Waals surface area contributed by atoms with E-state index in [2.05, 4.69) is 0 Å². The van der Waals surface area contributed by atoms with Gasteiger partial charge in [-0.2, -0.15) is 0 Å². The summed E-state index contributed by atoms with van der Waals surface area (Å²) in [5.74, 6) is -2.69. The van der Waals surface area contributed by atoms with Crippen molar-refractivity contribution in [3.8, 4) is 0 Å². The fourth-order valence-corrected chi connectivity index (χ4v) is 2.02. The van der Waals surface area contributed by atoms with Crippen molar-refractivity contribution in [3.05, 3.63) is 70.0 Å². The normalized spacial score (nSPS) is 10.6. The van der Waals surface area contributed by atoms with Crippen LogP contribution in [-0.4, -0.2) is 5.78 Å². The average Bonchev–Trinajstić information content (AvgIpc) is 2.38. The predicted molar refractivity (Wildman–Crippen MR) is 70.2 cm³/mol. The first-order valence-electron chi connectivity index (χ1n) is 5.85. The second kappa shape index (κ2) is 6.09. The fourth-order valence-electron chi connectivity index (χ4n) is 1.82. The van der Waals surface area contributed by atoms with Crippen LogP contribution in [0.1, 0.15) is 11.1 Å². The van der Waals surface area contributed by atoms with Gasteiger partial charge in [-0.1, -0.05) is 23.7 Å². The van der Waals surface area contributed by atoms with Crippen molar-refractivity contribution in [1.29, 1.82) is 0 Å². The summed E-state index contributed by atoms with van der Waals surface area (Å²) in [6.07, 6.45) is 0.0329. The van der Waals surface area contributed by atoms with Crippen molar-refractivity contribution in [1.82, 2.24) is 0 Å². The second-order valence-electron chi connectivity index (χ2n) is 4.39. The van der Waals surface area contributed by atoms with Gasteiger partial charge in [0.2, 0.25) is 0 Å². The lowest BCUT2D eigenvalue weighted by atomic mass is 10.0. The van der Waals surface area contributed by atoms with E-state index >= 15 is 0 Å². The Morgan fingerprint density at radius 2 is 1.40 bits per heavy atom. The van der Waals surface area contributed by atoms with Crippen LogP contribution in [0.2, 0.25) is 5.02 Å². The van der Waals surface area contributed by atoms with Crippen molar-refractivity contribution in [2.75, 3.05) is 0 Å². The highest BCUT2D eigenvalue weighted by molar-refractivity contribution is 6.30. The lowest BCUT2D eigenvalue weighted by Crippen LogP contribution is -2.07. The third-order valence-corrected chi connectivity index (χ3v) is 3.06. The minimum atomic E-state index is -0.986. The molecule has 0 aromatic heterocycles. The Balaban J connectivity index is 2.04.